The van der Waals surface area contributed by atoms with E-state index in [0.717, 1.165) is 27.6 Å². The maximum atomic E-state index is 4.40. The number of thiazole rings is 1. The van der Waals surface area contributed by atoms with Crippen LogP contribution in [0.25, 0.3) is 11.0 Å². The van der Waals surface area contributed by atoms with E-state index in [1.165, 1.54) is 0 Å². The largest absolute Gasteiger partial charge is 0.364 e. The fourth-order valence-electron chi connectivity index (χ4n) is 1.77. The lowest BCUT2D eigenvalue weighted by molar-refractivity contribution is 0.785. The second-order valence-electron chi connectivity index (χ2n) is 3.94. The summed E-state index contributed by atoms with van der Waals surface area (Å²) < 4.78 is 1.73. The Morgan fingerprint density at radius 2 is 2.28 bits per heavy atom. The topological polar surface area (TPSA) is 68.5 Å². The van der Waals surface area contributed by atoms with Crippen molar-refractivity contribution in [2.75, 3.05) is 5.32 Å². The zero-order valence-electron chi connectivity index (χ0n) is 10.1. The molecule has 18 heavy (non-hydrogen) atoms. The van der Waals surface area contributed by atoms with E-state index in [1.807, 2.05) is 19.4 Å². The van der Waals surface area contributed by atoms with Crippen molar-refractivity contribution < 1.29 is 0 Å². The highest BCUT2D eigenvalue weighted by Gasteiger charge is 2.07. The highest BCUT2D eigenvalue weighted by Crippen LogP contribution is 2.18. The van der Waals surface area contributed by atoms with Crippen LogP contribution in [0.2, 0.25) is 0 Å². The molecule has 7 heteroatoms. The summed E-state index contributed by atoms with van der Waals surface area (Å²) in [6, 6.07) is 0. The van der Waals surface area contributed by atoms with Gasteiger partial charge in [-0.3, -0.25) is 4.68 Å². The zero-order chi connectivity index (χ0) is 12.5. The summed E-state index contributed by atoms with van der Waals surface area (Å²) in [5.74, 6) is 0.791. The number of hydrogen-bond acceptors (Lipinski definition) is 6. The minimum atomic E-state index is 0.658. The molecule has 0 saturated heterocycles. The third kappa shape index (κ3) is 1.92. The smallest absolute Gasteiger partial charge is 0.163 e. The second-order valence-corrected chi connectivity index (χ2v) is 5.00. The number of aryl methyl sites for hydroxylation is 2. The minimum Gasteiger partial charge on any atom is -0.364 e. The van der Waals surface area contributed by atoms with Gasteiger partial charge in [0.15, 0.2) is 5.65 Å². The van der Waals surface area contributed by atoms with Crippen LogP contribution in [-0.2, 0) is 13.6 Å². The van der Waals surface area contributed by atoms with Crippen LogP contribution >= 0.6 is 11.3 Å². The van der Waals surface area contributed by atoms with Crippen LogP contribution in [-0.4, -0.2) is 24.7 Å². The first-order valence-electron chi connectivity index (χ1n) is 5.51. The summed E-state index contributed by atoms with van der Waals surface area (Å²) in [5.41, 5.74) is 1.84. The van der Waals surface area contributed by atoms with Gasteiger partial charge in [-0.2, -0.15) is 5.10 Å². The van der Waals surface area contributed by atoms with Crippen molar-refractivity contribution in [3.8, 4) is 0 Å². The van der Waals surface area contributed by atoms with Crippen LogP contribution in [0.1, 0.15) is 10.7 Å². The highest BCUT2D eigenvalue weighted by molar-refractivity contribution is 7.09. The molecule has 0 aliphatic heterocycles. The molecule has 0 aromatic carbocycles. The van der Waals surface area contributed by atoms with Gasteiger partial charge in [-0.1, -0.05) is 0 Å². The van der Waals surface area contributed by atoms with Crippen molar-refractivity contribution >= 4 is 28.2 Å². The Kier molecular flexibility index (Phi) is 2.67. The average molecular weight is 260 g/mol. The van der Waals surface area contributed by atoms with Gasteiger partial charge in [-0.25, -0.2) is 15.0 Å². The predicted octanol–water partition coefficient (Wildman–Crippen LogP) is 1.74. The number of hydrogen-bond donors (Lipinski definition) is 1. The number of rotatable bonds is 3. The van der Waals surface area contributed by atoms with E-state index >= 15 is 0 Å². The van der Waals surface area contributed by atoms with Crippen LogP contribution in [0.4, 0.5) is 5.82 Å². The molecule has 0 aliphatic rings. The first kappa shape index (κ1) is 11.1. The maximum Gasteiger partial charge on any atom is 0.163 e. The summed E-state index contributed by atoms with van der Waals surface area (Å²) >= 11 is 1.65. The third-order valence-electron chi connectivity index (χ3n) is 2.63. The van der Waals surface area contributed by atoms with Gasteiger partial charge in [-0.15, -0.1) is 11.3 Å². The van der Waals surface area contributed by atoms with Crippen molar-refractivity contribution in [3.63, 3.8) is 0 Å². The van der Waals surface area contributed by atoms with E-state index in [2.05, 4.69) is 25.4 Å². The summed E-state index contributed by atoms with van der Waals surface area (Å²) in [6.45, 7) is 2.66. The molecule has 0 radical (unpaired) electrons. The van der Waals surface area contributed by atoms with Gasteiger partial charge < -0.3 is 5.32 Å². The van der Waals surface area contributed by atoms with Crippen molar-refractivity contribution in [2.24, 2.45) is 7.05 Å². The van der Waals surface area contributed by atoms with Gasteiger partial charge >= 0.3 is 0 Å². The lowest BCUT2D eigenvalue weighted by Gasteiger charge is -2.04. The number of aromatic nitrogens is 5. The van der Waals surface area contributed by atoms with Gasteiger partial charge in [0.1, 0.15) is 12.1 Å². The zero-order valence-corrected chi connectivity index (χ0v) is 10.9. The first-order chi connectivity index (χ1) is 8.74. The Morgan fingerprint density at radius 1 is 1.39 bits per heavy atom. The standard InChI is InChI=1S/C11H12N6S/c1-7-16-8(5-18-7)3-12-10-9-4-15-17(2)11(9)14-6-13-10/h4-6H,3H2,1-2H3,(H,12,13,14). The Labute approximate surface area is 108 Å². The van der Waals surface area contributed by atoms with Crippen LogP contribution in [0.3, 0.4) is 0 Å². The van der Waals surface area contributed by atoms with Crippen LogP contribution in [0.15, 0.2) is 17.9 Å². The number of nitrogens with one attached hydrogen (secondary N) is 1. The quantitative estimate of drug-likeness (QED) is 0.777. The molecule has 0 atom stereocenters. The number of nitrogens with zero attached hydrogens (tertiary/aromatic N) is 5. The molecular weight excluding hydrogens is 248 g/mol. The Bertz CT molecular complexity index is 686. The molecule has 3 aromatic heterocycles. The number of fused-ring (bicyclic) bond motifs is 1. The van der Waals surface area contributed by atoms with E-state index in [-0.39, 0.29) is 0 Å². The van der Waals surface area contributed by atoms with E-state index in [4.69, 9.17) is 0 Å². The van der Waals surface area contributed by atoms with Crippen molar-refractivity contribution in [2.45, 2.75) is 13.5 Å². The summed E-state index contributed by atoms with van der Waals surface area (Å²) in [6.07, 6.45) is 3.31. The second kappa shape index (κ2) is 4.34. The maximum absolute atomic E-state index is 4.40. The molecule has 3 rings (SSSR count). The molecule has 0 spiro atoms. The average Bonchev–Trinajstić information content (AvgIpc) is 2.94. The molecule has 0 fully saturated rings. The molecule has 0 bridgehead atoms. The lowest BCUT2D eigenvalue weighted by atomic mass is 10.4. The van der Waals surface area contributed by atoms with Crippen LogP contribution < -0.4 is 5.32 Å². The fourth-order valence-corrected chi connectivity index (χ4v) is 2.38. The van der Waals surface area contributed by atoms with Crippen LogP contribution in [0, 0.1) is 6.92 Å². The predicted molar refractivity (Wildman–Crippen MR) is 70.5 cm³/mol. The Balaban J connectivity index is 1.86. The van der Waals surface area contributed by atoms with Gasteiger partial charge in [0, 0.05) is 12.4 Å². The van der Waals surface area contributed by atoms with E-state index in [9.17, 15) is 0 Å². The third-order valence-corrected chi connectivity index (χ3v) is 3.46. The van der Waals surface area contributed by atoms with Crippen LogP contribution in [0.5, 0.6) is 0 Å². The normalized spacial score (nSPS) is 11.0. The molecule has 6 nitrogen and oxygen atoms in total. The number of anilines is 1. The summed E-state index contributed by atoms with van der Waals surface area (Å²) in [7, 11) is 1.86. The molecule has 1 N–H and O–H groups in total. The van der Waals surface area contributed by atoms with Crippen molar-refractivity contribution in [1.82, 2.24) is 24.7 Å². The Morgan fingerprint density at radius 3 is 3.06 bits per heavy atom. The highest BCUT2D eigenvalue weighted by atomic mass is 32.1. The van der Waals surface area contributed by atoms with Gasteiger partial charge in [-0.05, 0) is 6.92 Å². The van der Waals surface area contributed by atoms with Crippen molar-refractivity contribution in [1.29, 1.82) is 0 Å². The molecule has 0 unspecified atom stereocenters. The first-order valence-corrected chi connectivity index (χ1v) is 6.39. The molecule has 3 aromatic rings. The van der Waals surface area contributed by atoms with Gasteiger partial charge in [0.25, 0.3) is 0 Å². The van der Waals surface area contributed by atoms with Gasteiger partial charge in [0.2, 0.25) is 0 Å². The molecular formula is C11H12N6S. The Hall–Kier alpha value is -2.02. The molecule has 3 heterocycles. The van der Waals surface area contributed by atoms with Gasteiger partial charge in [0.05, 0.1) is 28.8 Å². The molecule has 0 saturated carbocycles. The SMILES string of the molecule is Cc1nc(CNc2ncnc3c2cnn3C)cs1. The fraction of sp³-hybridized carbons (Fsp3) is 0.273. The van der Waals surface area contributed by atoms with Crippen molar-refractivity contribution in [3.05, 3.63) is 28.6 Å². The summed E-state index contributed by atoms with van der Waals surface area (Å²) in [5, 5.41) is 11.5. The minimum absolute atomic E-state index is 0.658. The lowest BCUT2D eigenvalue weighted by Crippen LogP contribution is -2.03. The molecule has 0 amide bonds. The molecule has 0 aliphatic carbocycles. The summed E-state index contributed by atoms with van der Waals surface area (Å²) in [4.78, 5) is 12.8. The van der Waals surface area contributed by atoms with E-state index in [0.29, 0.717) is 6.54 Å². The van der Waals surface area contributed by atoms with E-state index in [1.54, 1.807) is 28.5 Å². The van der Waals surface area contributed by atoms with E-state index < -0.39 is 0 Å². The molecule has 92 valence electrons. The monoisotopic (exact) mass is 260 g/mol.